The summed E-state index contributed by atoms with van der Waals surface area (Å²) in [5.41, 5.74) is 1.94. The van der Waals surface area contributed by atoms with Gasteiger partial charge in [-0.1, -0.05) is 41.5 Å². The summed E-state index contributed by atoms with van der Waals surface area (Å²) in [7, 11) is 0. The fourth-order valence-corrected chi connectivity index (χ4v) is 2.74. The van der Waals surface area contributed by atoms with Crippen LogP contribution in [-0.4, -0.2) is 30.2 Å². The van der Waals surface area contributed by atoms with E-state index in [0.717, 1.165) is 16.8 Å². The average molecular weight is 378 g/mol. The fraction of sp³-hybridized carbons (Fsp3) is 0.636. The molecule has 0 fully saturated rings. The minimum absolute atomic E-state index is 0.225. The van der Waals surface area contributed by atoms with Gasteiger partial charge in [-0.2, -0.15) is 0 Å². The van der Waals surface area contributed by atoms with Gasteiger partial charge in [-0.15, -0.1) is 0 Å². The topological polar surface area (TPSA) is 68.1 Å². The first-order valence-electron chi connectivity index (χ1n) is 9.64. The maximum Gasteiger partial charge on any atom is 0.306 e. The van der Waals surface area contributed by atoms with Gasteiger partial charge in [0.1, 0.15) is 5.75 Å². The number of phenols is 1. The summed E-state index contributed by atoms with van der Waals surface area (Å²) in [5.74, 6) is 0.552. The molecular weight excluding hydrogens is 342 g/mol. The third-order valence-corrected chi connectivity index (χ3v) is 4.12. The lowest BCUT2D eigenvalue weighted by Gasteiger charge is -2.27. The molecule has 152 valence electrons. The van der Waals surface area contributed by atoms with Crippen LogP contribution in [0.3, 0.4) is 0 Å². The average Bonchev–Trinajstić information content (AvgIpc) is 2.52. The summed E-state index contributed by atoms with van der Waals surface area (Å²) in [6.07, 6.45) is 0.603. The first kappa shape index (κ1) is 23.0. The molecule has 1 N–H and O–H groups in total. The number of hydrogen-bond donors (Lipinski definition) is 1. The van der Waals surface area contributed by atoms with E-state index in [9.17, 15) is 9.90 Å². The van der Waals surface area contributed by atoms with Gasteiger partial charge in [-0.05, 0) is 36.8 Å². The zero-order valence-electron chi connectivity index (χ0n) is 18.1. The van der Waals surface area contributed by atoms with Gasteiger partial charge < -0.3 is 14.6 Å². The number of esters is 1. The van der Waals surface area contributed by atoms with E-state index in [1.165, 1.54) is 0 Å². The summed E-state index contributed by atoms with van der Waals surface area (Å²) >= 11 is 0. The Morgan fingerprint density at radius 2 is 1.41 bits per heavy atom. The number of carbonyl (C=O) groups excluding carboxylic acids is 1. The summed E-state index contributed by atoms with van der Waals surface area (Å²) in [6, 6.07) is 3.79. The molecule has 0 aliphatic carbocycles. The Balaban J connectivity index is 3.35. The largest absolute Gasteiger partial charge is 0.507 e. The van der Waals surface area contributed by atoms with Gasteiger partial charge in [0.25, 0.3) is 0 Å². The van der Waals surface area contributed by atoms with E-state index < -0.39 is 0 Å². The van der Waals surface area contributed by atoms with Crippen LogP contribution in [0.5, 0.6) is 5.75 Å². The Morgan fingerprint density at radius 3 is 1.81 bits per heavy atom. The highest BCUT2D eigenvalue weighted by molar-refractivity contribution is 5.83. The third kappa shape index (κ3) is 6.89. The smallest absolute Gasteiger partial charge is 0.306 e. The summed E-state index contributed by atoms with van der Waals surface area (Å²) < 4.78 is 10.6. The predicted octanol–water partition coefficient (Wildman–Crippen LogP) is 5.40. The second-order valence-corrected chi connectivity index (χ2v) is 8.63. The Morgan fingerprint density at radius 1 is 0.926 bits per heavy atom. The van der Waals surface area contributed by atoms with Crippen molar-refractivity contribution in [1.82, 2.24) is 0 Å². The molecule has 0 amide bonds. The monoisotopic (exact) mass is 377 g/mol. The van der Waals surface area contributed by atoms with Gasteiger partial charge in [0.2, 0.25) is 0 Å². The number of nitrogens with zero attached hydrogens (tertiary/aromatic N) is 1. The van der Waals surface area contributed by atoms with Gasteiger partial charge >= 0.3 is 5.97 Å². The molecule has 0 spiro atoms. The standard InChI is InChI=1S/C22H35NO4/c1-9-26-18(11-12-19(24)27-10-2)23-15-13-16(21(3,4)5)20(25)17(14-15)22(6,7)8/h13-14,25H,9-12H2,1-8H3. The molecule has 0 saturated carbocycles. The highest BCUT2D eigenvalue weighted by atomic mass is 16.5. The zero-order valence-corrected chi connectivity index (χ0v) is 18.1. The molecule has 0 radical (unpaired) electrons. The number of phenolic OH excluding ortho intramolecular Hbond substituents is 1. The van der Waals surface area contributed by atoms with Crippen LogP contribution in [-0.2, 0) is 25.1 Å². The van der Waals surface area contributed by atoms with Crippen LogP contribution in [0.4, 0.5) is 5.69 Å². The van der Waals surface area contributed by atoms with Crippen molar-refractivity contribution in [1.29, 1.82) is 0 Å². The van der Waals surface area contributed by atoms with E-state index in [1.54, 1.807) is 6.92 Å². The van der Waals surface area contributed by atoms with E-state index >= 15 is 0 Å². The molecule has 1 rings (SSSR count). The first-order valence-corrected chi connectivity index (χ1v) is 9.64. The van der Waals surface area contributed by atoms with Crippen molar-refractivity contribution in [3.05, 3.63) is 23.3 Å². The van der Waals surface area contributed by atoms with Crippen LogP contribution >= 0.6 is 0 Å². The van der Waals surface area contributed by atoms with Gasteiger partial charge in [-0.25, -0.2) is 4.99 Å². The Hall–Kier alpha value is -2.04. The molecule has 5 heteroatoms. The second kappa shape index (κ2) is 9.25. The molecule has 5 nitrogen and oxygen atoms in total. The molecule has 0 saturated heterocycles. The maximum atomic E-state index is 11.7. The first-order chi connectivity index (χ1) is 12.4. The van der Waals surface area contributed by atoms with Gasteiger partial charge in [0, 0.05) is 17.5 Å². The molecule has 0 aliphatic rings. The number of rotatable bonds is 6. The summed E-state index contributed by atoms with van der Waals surface area (Å²) in [4.78, 5) is 16.3. The lowest BCUT2D eigenvalue weighted by molar-refractivity contribution is -0.142. The Kier molecular flexibility index (Phi) is 7.88. The minimum atomic E-state index is -0.263. The number of aromatic hydroxyl groups is 1. The van der Waals surface area contributed by atoms with Crippen molar-refractivity contribution in [2.24, 2.45) is 4.99 Å². The van der Waals surface area contributed by atoms with Crippen LogP contribution < -0.4 is 0 Å². The predicted molar refractivity (Wildman–Crippen MR) is 110 cm³/mol. The van der Waals surface area contributed by atoms with Crippen molar-refractivity contribution in [2.45, 2.75) is 79.1 Å². The van der Waals surface area contributed by atoms with E-state index in [1.807, 2.05) is 19.1 Å². The SMILES string of the molecule is CCOC(=O)CCC(=Nc1cc(C(C)(C)C)c(O)c(C(C)(C)C)c1)OCC. The Labute approximate surface area is 163 Å². The zero-order chi connectivity index (χ0) is 20.8. The molecule has 0 bridgehead atoms. The van der Waals surface area contributed by atoms with Gasteiger partial charge in [0.15, 0.2) is 5.90 Å². The number of hydrogen-bond acceptors (Lipinski definition) is 5. The number of carbonyl (C=O) groups is 1. The van der Waals surface area contributed by atoms with Gasteiger partial charge in [0.05, 0.1) is 25.3 Å². The lowest BCUT2D eigenvalue weighted by Crippen LogP contribution is -2.17. The summed E-state index contributed by atoms with van der Waals surface area (Å²) in [6.45, 7) is 16.9. The molecule has 0 unspecified atom stereocenters. The van der Waals surface area contributed by atoms with Crippen molar-refractivity contribution < 1.29 is 19.4 Å². The van der Waals surface area contributed by atoms with Crippen LogP contribution in [0.1, 0.15) is 79.4 Å². The second-order valence-electron chi connectivity index (χ2n) is 8.63. The van der Waals surface area contributed by atoms with Crippen LogP contribution in [0.25, 0.3) is 0 Å². The van der Waals surface area contributed by atoms with Gasteiger partial charge in [-0.3, -0.25) is 4.79 Å². The van der Waals surface area contributed by atoms with Crippen molar-refractivity contribution in [2.75, 3.05) is 13.2 Å². The number of aliphatic imine (C=N–C) groups is 1. The molecule has 1 aromatic rings. The highest BCUT2D eigenvalue weighted by Crippen LogP contribution is 2.41. The number of benzene rings is 1. The van der Waals surface area contributed by atoms with E-state index in [4.69, 9.17) is 9.47 Å². The van der Waals surface area contributed by atoms with Crippen molar-refractivity contribution in [3.8, 4) is 5.75 Å². The normalized spacial score (nSPS) is 12.8. The molecule has 1 aromatic carbocycles. The minimum Gasteiger partial charge on any atom is -0.507 e. The third-order valence-electron chi connectivity index (χ3n) is 4.12. The molecule has 0 aromatic heterocycles. The fourth-order valence-electron chi connectivity index (χ4n) is 2.74. The maximum absolute atomic E-state index is 11.7. The van der Waals surface area contributed by atoms with E-state index in [-0.39, 0.29) is 23.2 Å². The summed E-state index contributed by atoms with van der Waals surface area (Å²) in [5, 5.41) is 10.8. The van der Waals surface area contributed by atoms with Crippen LogP contribution in [0, 0.1) is 0 Å². The van der Waals surface area contributed by atoms with Crippen LogP contribution in [0.15, 0.2) is 17.1 Å². The van der Waals surface area contributed by atoms with Crippen molar-refractivity contribution in [3.63, 3.8) is 0 Å². The Bertz CT molecular complexity index is 644. The molecular formula is C22H35NO4. The van der Waals surface area contributed by atoms with Crippen LogP contribution in [0.2, 0.25) is 0 Å². The molecule has 0 aliphatic heterocycles. The molecule has 0 heterocycles. The van der Waals surface area contributed by atoms with E-state index in [2.05, 4.69) is 46.5 Å². The van der Waals surface area contributed by atoms with E-state index in [0.29, 0.717) is 31.3 Å². The molecule has 27 heavy (non-hydrogen) atoms. The van der Waals surface area contributed by atoms with Crippen molar-refractivity contribution >= 4 is 17.6 Å². The quantitative estimate of drug-likeness (QED) is 0.409. The number of ether oxygens (including phenoxy) is 2. The highest BCUT2D eigenvalue weighted by Gasteiger charge is 2.26. The lowest BCUT2D eigenvalue weighted by atomic mass is 9.79. The molecule has 0 atom stereocenters.